The number of hydrogen-bond acceptors (Lipinski definition) is 0. The fourth-order valence-electron chi connectivity index (χ4n) is 15.1. The van der Waals surface area contributed by atoms with Gasteiger partial charge in [0.15, 0.2) is 0 Å². The van der Waals surface area contributed by atoms with E-state index in [1.807, 2.05) is 0 Å². The summed E-state index contributed by atoms with van der Waals surface area (Å²) in [5, 5.41) is 13.4. The standard InChI is InChI=1S/C25H18.C18H13N.C18H12.C15H14.C14H13N.9C5H12.C4H10/c1-3-11-19(12-4-1)25(20-13-5-2-6-14-20)23-17-9-7-15-21(23)22-16-8-10-18-24(22)25;1-2-8-14(9-3-1)19-17-12-6-4-10-15(17)16-11-5-7-13-18(16)19;1-2-8-14-13(7-1)15-9-3-4-11-17(15)18-12-6-5-10-16(14)18;1-15(2)13-9-5-3-7-11(13)12-8-4-6-10-14(12)15;1-2-15-13-9-5-3-7-11(13)12-8-4-6-10-14(12)15;9*1-5(2,3)4;1-4(2)3/h1-18H;1-13H;1-12H;3-10H,1-2H3;3-10H,2H2,1H3;9*1-4H3;4H,1-3H3. The number of rotatable bonds is 4. The molecule has 2 nitrogen and oxygen atoms in total. The van der Waals surface area contributed by atoms with Crippen molar-refractivity contribution in [3.63, 3.8) is 0 Å². The molecule has 0 bridgehead atoms. The maximum Gasteiger partial charge on any atom is 0.0713 e. The normalized spacial score (nSPS) is 12.4. The lowest BCUT2D eigenvalue weighted by Gasteiger charge is -2.33. The van der Waals surface area contributed by atoms with Crippen LogP contribution in [0.4, 0.5) is 0 Å². The summed E-state index contributed by atoms with van der Waals surface area (Å²) in [5.74, 6) is 0.833. The van der Waals surface area contributed by atoms with Crippen LogP contribution in [-0.4, -0.2) is 9.13 Å². The Labute approximate surface area is 861 Å². The predicted molar refractivity (Wildman–Crippen MR) is 639 cm³/mol. The predicted octanol–water partition coefficient (Wildman–Crippen LogP) is 43.9. The van der Waals surface area contributed by atoms with Gasteiger partial charge >= 0.3 is 0 Å². The van der Waals surface area contributed by atoms with Crippen LogP contribution in [0.15, 0.2) is 358 Å². The molecule has 15 aromatic carbocycles. The molecule has 0 saturated heterocycles. The van der Waals surface area contributed by atoms with Crippen molar-refractivity contribution in [2.75, 3.05) is 0 Å². The minimum Gasteiger partial charge on any atom is -0.341 e. The summed E-state index contributed by atoms with van der Waals surface area (Å²) in [5.41, 5.74) is 24.6. The number of benzene rings is 15. The van der Waals surface area contributed by atoms with Gasteiger partial charge in [0.1, 0.15) is 0 Å². The maximum atomic E-state index is 2.37. The van der Waals surface area contributed by atoms with Crippen LogP contribution < -0.4 is 0 Å². The highest BCUT2D eigenvalue weighted by Crippen LogP contribution is 2.56. The van der Waals surface area contributed by atoms with E-state index < -0.39 is 0 Å². The van der Waals surface area contributed by atoms with Gasteiger partial charge in [0, 0.05) is 50.2 Å². The first-order chi connectivity index (χ1) is 65.2. The second kappa shape index (κ2) is 53.1. The summed E-state index contributed by atoms with van der Waals surface area (Å²) in [7, 11) is 0. The van der Waals surface area contributed by atoms with E-state index >= 15 is 0 Å². The second-order valence-electron chi connectivity index (χ2n) is 53.1. The second-order valence-corrected chi connectivity index (χ2v) is 53.1. The van der Waals surface area contributed by atoms with Gasteiger partial charge in [-0.15, -0.1) is 0 Å². The molecule has 141 heavy (non-hydrogen) atoms. The first-order valence-electron chi connectivity index (χ1n) is 52.0. The molecule has 0 radical (unpaired) electrons. The fourth-order valence-corrected chi connectivity index (χ4v) is 15.1. The summed E-state index contributed by atoms with van der Waals surface area (Å²) in [4.78, 5) is 0. The molecule has 754 valence electrons. The van der Waals surface area contributed by atoms with Crippen LogP contribution in [0.3, 0.4) is 0 Å². The van der Waals surface area contributed by atoms with Gasteiger partial charge in [-0.2, -0.15) is 0 Å². The number of hydrogen-bond donors (Lipinski definition) is 0. The largest absolute Gasteiger partial charge is 0.341 e. The lowest BCUT2D eigenvalue weighted by molar-refractivity contribution is 0.469. The van der Waals surface area contributed by atoms with Crippen molar-refractivity contribution in [3.8, 4) is 27.9 Å². The van der Waals surface area contributed by atoms with E-state index in [0.717, 1.165) is 12.5 Å². The molecule has 19 rings (SSSR count). The molecule has 0 aliphatic heterocycles. The lowest BCUT2D eigenvalue weighted by Crippen LogP contribution is -2.28. The first kappa shape index (κ1) is 120. The number of para-hydroxylation sites is 5. The Balaban J connectivity index is 0.000000280. The van der Waals surface area contributed by atoms with Crippen LogP contribution in [0.5, 0.6) is 0 Å². The number of aryl methyl sites for hydroxylation is 1. The van der Waals surface area contributed by atoms with E-state index in [1.54, 1.807) is 0 Å². The molecule has 0 fully saturated rings. The number of aromatic nitrogens is 2. The smallest absolute Gasteiger partial charge is 0.0713 e. The topological polar surface area (TPSA) is 9.86 Å². The zero-order valence-corrected chi connectivity index (χ0v) is 96.2. The molecule has 2 aliphatic rings. The summed E-state index contributed by atoms with van der Waals surface area (Å²) >= 11 is 0. The zero-order chi connectivity index (χ0) is 106. The van der Waals surface area contributed by atoms with Gasteiger partial charge in [-0.05, 0) is 186 Å². The van der Waals surface area contributed by atoms with Crippen molar-refractivity contribution in [2.24, 2.45) is 54.7 Å². The monoisotopic (exact) mass is 1890 g/mol. The van der Waals surface area contributed by atoms with E-state index in [2.05, 4.69) is 658 Å². The molecule has 0 saturated carbocycles. The summed E-state index contributed by atoms with van der Waals surface area (Å²) in [6.07, 6.45) is 0. The Morgan fingerprint density at radius 1 is 0.191 bits per heavy atom. The minimum absolute atomic E-state index is 0.160. The van der Waals surface area contributed by atoms with Gasteiger partial charge in [0.25, 0.3) is 0 Å². The molecule has 0 spiro atoms. The summed E-state index contributed by atoms with van der Waals surface area (Å²) < 4.78 is 4.69. The van der Waals surface area contributed by atoms with Crippen LogP contribution in [-0.2, 0) is 17.4 Å². The summed E-state index contributed by atoms with van der Waals surface area (Å²) in [6.45, 7) is 93.1. The Bertz CT molecular complexity index is 5840. The molecular weight excluding hydrogens is 1700 g/mol. The Morgan fingerprint density at radius 2 is 0.348 bits per heavy atom. The van der Waals surface area contributed by atoms with Crippen molar-refractivity contribution in [2.45, 2.75) is 308 Å². The van der Waals surface area contributed by atoms with Gasteiger partial charge in [-0.3, -0.25) is 0 Å². The molecule has 2 heteroatoms. The molecule has 0 amide bonds. The Hall–Kier alpha value is -11.3. The molecule has 0 atom stereocenters. The minimum atomic E-state index is -0.254. The SMILES string of the molecule is CC(C)(C)C.CC(C)(C)C.CC(C)(C)C.CC(C)(C)C.CC(C)(C)C.CC(C)(C)C.CC(C)(C)C.CC(C)(C)C.CC(C)(C)C.CC(C)C.CC1(C)c2ccccc2-c2ccccc21.CCn1c2ccccc2c2ccccc21.c1ccc(-n2c3ccccc3c3ccccc32)cc1.c1ccc(C2(c3ccccc3)c3ccccc3-c3ccccc32)cc1.c1ccc2c(c1)c1ccccc1c1ccccc21. The third-order valence-electron chi connectivity index (χ3n) is 19.1. The van der Waals surface area contributed by atoms with E-state index in [0.29, 0.717) is 48.7 Å². The number of nitrogens with zero attached hydrogens (tertiary/aromatic N) is 2. The molecule has 0 N–H and O–H groups in total. The van der Waals surface area contributed by atoms with Crippen LogP contribution in [0.25, 0.3) is 104 Å². The average Bonchev–Trinajstić information content (AvgIpc) is 1.54. The molecule has 2 aromatic heterocycles. The summed E-state index contributed by atoms with van der Waals surface area (Å²) in [6, 6.07) is 128. The molecule has 17 aromatic rings. The van der Waals surface area contributed by atoms with Gasteiger partial charge in [-0.1, -0.05) is 605 Å². The Morgan fingerprint density at radius 3 is 0.567 bits per heavy atom. The van der Waals surface area contributed by atoms with Gasteiger partial charge in [-0.25, -0.2) is 0 Å². The third-order valence-corrected chi connectivity index (χ3v) is 19.1. The fraction of sp³-hybridized carbons (Fsp3) is 0.396. The van der Waals surface area contributed by atoms with Crippen LogP contribution in [0.2, 0.25) is 0 Å². The molecule has 2 heterocycles. The van der Waals surface area contributed by atoms with Crippen molar-refractivity contribution in [1.82, 2.24) is 9.13 Å². The van der Waals surface area contributed by atoms with Crippen molar-refractivity contribution < 1.29 is 0 Å². The lowest BCUT2D eigenvalue weighted by atomic mass is 9.68. The molecular formula is C139H188N2. The third kappa shape index (κ3) is 42.8. The van der Waals surface area contributed by atoms with Crippen molar-refractivity contribution >= 4 is 75.9 Å². The Kier molecular flexibility index (Phi) is 45.3. The van der Waals surface area contributed by atoms with E-state index in [4.69, 9.17) is 0 Å². The highest BCUT2D eigenvalue weighted by Gasteiger charge is 2.46. The van der Waals surface area contributed by atoms with E-state index in [9.17, 15) is 0 Å². The molecule has 2 aliphatic carbocycles. The van der Waals surface area contributed by atoms with Gasteiger partial charge in [0.2, 0.25) is 0 Å². The average molecular weight is 1890 g/mol. The molecule has 0 unspecified atom stereocenters. The highest BCUT2D eigenvalue weighted by molar-refractivity contribution is 6.25. The van der Waals surface area contributed by atoms with Crippen LogP contribution in [0.1, 0.15) is 324 Å². The maximum absolute atomic E-state index is 2.37. The van der Waals surface area contributed by atoms with Crippen LogP contribution in [0, 0.1) is 54.7 Å². The number of fused-ring (bicyclic) bond motifs is 18. The first-order valence-corrected chi connectivity index (χ1v) is 52.0. The van der Waals surface area contributed by atoms with Crippen molar-refractivity contribution in [1.29, 1.82) is 0 Å². The zero-order valence-electron chi connectivity index (χ0n) is 96.2. The van der Waals surface area contributed by atoms with Crippen LogP contribution >= 0.6 is 0 Å². The highest BCUT2D eigenvalue weighted by atomic mass is 15.0. The quantitative estimate of drug-likeness (QED) is 0.155. The van der Waals surface area contributed by atoms with E-state index in [1.165, 1.54) is 137 Å². The van der Waals surface area contributed by atoms with E-state index in [-0.39, 0.29) is 10.8 Å². The van der Waals surface area contributed by atoms with Gasteiger partial charge in [0.05, 0.1) is 16.4 Å². The van der Waals surface area contributed by atoms with Crippen molar-refractivity contribution in [3.05, 3.63) is 391 Å². The van der Waals surface area contributed by atoms with Gasteiger partial charge < -0.3 is 9.13 Å².